The summed E-state index contributed by atoms with van der Waals surface area (Å²) in [5.74, 6) is -2.34. The van der Waals surface area contributed by atoms with Crippen LogP contribution in [-0.4, -0.2) is 99.1 Å². The molecule has 0 aliphatic carbocycles. The molecular weight excluding hydrogens is 550 g/mol. The number of unbranched alkanes of at least 4 members (excludes halogenated alkanes) is 4. The molecule has 0 spiro atoms. The van der Waals surface area contributed by atoms with Crippen molar-refractivity contribution in [1.82, 2.24) is 16.0 Å². The molecule has 13 heteroatoms. The first-order chi connectivity index (χ1) is 20.2. The Hall–Kier alpha value is -2.77. The Morgan fingerprint density at radius 3 is 1.43 bits per heavy atom. The summed E-state index contributed by atoms with van der Waals surface area (Å²) in [6.07, 6.45) is 7.36. The van der Waals surface area contributed by atoms with Crippen LogP contribution in [-0.2, 0) is 38.2 Å². The van der Waals surface area contributed by atoms with Crippen molar-refractivity contribution in [2.75, 3.05) is 59.3 Å². The lowest BCUT2D eigenvalue weighted by Crippen LogP contribution is -2.29. The number of carbonyl (C=O) groups excluding carboxylic acids is 3. The summed E-state index contributed by atoms with van der Waals surface area (Å²) in [4.78, 5) is 56.5. The second-order valence-electron chi connectivity index (χ2n) is 10.1. The highest BCUT2D eigenvalue weighted by atomic mass is 16.5. The van der Waals surface area contributed by atoms with Crippen molar-refractivity contribution in [3.8, 4) is 0 Å². The van der Waals surface area contributed by atoms with E-state index in [1.807, 2.05) is 0 Å². The molecular formula is C29H53N3O10. The van der Waals surface area contributed by atoms with Crippen molar-refractivity contribution in [3.05, 3.63) is 0 Å². The van der Waals surface area contributed by atoms with Crippen LogP contribution in [0.5, 0.6) is 0 Å². The molecule has 0 fully saturated rings. The maximum atomic E-state index is 11.8. The standard InChI is InChI=1S/C29H53N3O10/c1-24(29(38)39)10-6-7-15-30-26(34)13-14-27(35)32-17-9-19-41-21-23-42-22-20-40-18-8-16-31-25(33)11-4-2-3-5-12-28(36)37/h24H,2-23H2,1H3,(H,30,34)(H,31,33)(H,32,35)(H,36,37)(H,38,39)/t24-/m0/s1. The molecule has 0 heterocycles. The Morgan fingerprint density at radius 2 is 0.952 bits per heavy atom. The Labute approximate surface area is 249 Å². The van der Waals surface area contributed by atoms with Crippen LogP contribution in [0, 0.1) is 5.92 Å². The Kier molecular flexibility index (Phi) is 26.5. The minimum atomic E-state index is -0.811. The van der Waals surface area contributed by atoms with Crippen LogP contribution in [0.25, 0.3) is 0 Å². The molecule has 0 aromatic heterocycles. The number of hydrogen-bond donors (Lipinski definition) is 5. The van der Waals surface area contributed by atoms with Crippen molar-refractivity contribution in [1.29, 1.82) is 0 Å². The molecule has 5 N–H and O–H groups in total. The van der Waals surface area contributed by atoms with E-state index in [2.05, 4.69) is 16.0 Å². The van der Waals surface area contributed by atoms with E-state index in [0.717, 1.165) is 25.7 Å². The summed E-state index contributed by atoms with van der Waals surface area (Å²) in [6.45, 7) is 5.96. The molecule has 0 saturated carbocycles. The number of hydrogen-bond acceptors (Lipinski definition) is 8. The molecule has 0 aliphatic rings. The molecule has 244 valence electrons. The topological polar surface area (TPSA) is 190 Å². The molecule has 42 heavy (non-hydrogen) atoms. The van der Waals surface area contributed by atoms with Crippen LogP contribution in [0.1, 0.15) is 90.4 Å². The number of carboxylic acid groups (broad SMARTS) is 2. The summed E-state index contributed by atoms with van der Waals surface area (Å²) in [5, 5.41) is 25.8. The predicted octanol–water partition coefficient (Wildman–Crippen LogP) is 2.26. The summed E-state index contributed by atoms with van der Waals surface area (Å²) in [5.41, 5.74) is 0. The second-order valence-corrected chi connectivity index (χ2v) is 10.1. The zero-order valence-corrected chi connectivity index (χ0v) is 25.3. The highest BCUT2D eigenvalue weighted by molar-refractivity contribution is 5.83. The molecule has 0 saturated heterocycles. The van der Waals surface area contributed by atoms with Gasteiger partial charge in [0.05, 0.1) is 32.3 Å². The first-order valence-corrected chi connectivity index (χ1v) is 15.2. The van der Waals surface area contributed by atoms with Crippen LogP contribution in [0.4, 0.5) is 0 Å². The number of ether oxygens (including phenoxy) is 3. The summed E-state index contributed by atoms with van der Waals surface area (Å²) in [7, 11) is 0. The van der Waals surface area contributed by atoms with Gasteiger partial charge in [-0.1, -0.05) is 26.2 Å². The number of rotatable bonds is 30. The van der Waals surface area contributed by atoms with Crippen molar-refractivity contribution in [2.24, 2.45) is 5.92 Å². The minimum absolute atomic E-state index is 0.00809. The predicted molar refractivity (Wildman–Crippen MR) is 156 cm³/mol. The van der Waals surface area contributed by atoms with Gasteiger partial charge in [0.25, 0.3) is 0 Å². The lowest BCUT2D eigenvalue weighted by molar-refractivity contribution is -0.141. The van der Waals surface area contributed by atoms with Crippen LogP contribution >= 0.6 is 0 Å². The third-order valence-electron chi connectivity index (χ3n) is 6.25. The van der Waals surface area contributed by atoms with Crippen LogP contribution in [0.3, 0.4) is 0 Å². The number of nitrogens with one attached hydrogen (secondary N) is 3. The number of carbonyl (C=O) groups is 5. The fourth-order valence-electron chi connectivity index (χ4n) is 3.68. The highest BCUT2D eigenvalue weighted by Crippen LogP contribution is 2.07. The van der Waals surface area contributed by atoms with Gasteiger partial charge in [0.15, 0.2) is 0 Å². The number of aliphatic carboxylic acids is 2. The maximum Gasteiger partial charge on any atom is 0.306 e. The molecule has 1 atom stereocenters. The van der Waals surface area contributed by atoms with Gasteiger partial charge in [-0.3, -0.25) is 24.0 Å². The largest absolute Gasteiger partial charge is 0.481 e. The van der Waals surface area contributed by atoms with E-state index in [4.69, 9.17) is 24.4 Å². The van der Waals surface area contributed by atoms with E-state index in [-0.39, 0.29) is 42.9 Å². The Balaban J connectivity index is 3.35. The quantitative estimate of drug-likeness (QED) is 0.0762. The van der Waals surface area contributed by atoms with Gasteiger partial charge >= 0.3 is 11.9 Å². The van der Waals surface area contributed by atoms with Crippen LogP contribution in [0.15, 0.2) is 0 Å². The van der Waals surface area contributed by atoms with E-state index in [1.165, 1.54) is 0 Å². The first kappa shape index (κ1) is 39.2. The maximum absolute atomic E-state index is 11.8. The Morgan fingerprint density at radius 1 is 0.524 bits per heavy atom. The molecule has 0 unspecified atom stereocenters. The van der Waals surface area contributed by atoms with Gasteiger partial charge in [0.1, 0.15) is 0 Å². The lowest BCUT2D eigenvalue weighted by Gasteiger charge is -2.09. The average molecular weight is 604 g/mol. The third kappa shape index (κ3) is 28.7. The monoisotopic (exact) mass is 603 g/mol. The van der Waals surface area contributed by atoms with Gasteiger partial charge in [-0.05, 0) is 38.5 Å². The van der Waals surface area contributed by atoms with Gasteiger partial charge in [0.2, 0.25) is 17.7 Å². The molecule has 3 amide bonds. The van der Waals surface area contributed by atoms with E-state index in [1.54, 1.807) is 6.92 Å². The van der Waals surface area contributed by atoms with E-state index in [9.17, 15) is 24.0 Å². The minimum Gasteiger partial charge on any atom is -0.481 e. The van der Waals surface area contributed by atoms with Crippen molar-refractivity contribution in [2.45, 2.75) is 90.4 Å². The fraction of sp³-hybridized carbons (Fsp3) is 0.828. The normalized spacial score (nSPS) is 11.5. The van der Waals surface area contributed by atoms with E-state index < -0.39 is 11.9 Å². The third-order valence-corrected chi connectivity index (χ3v) is 6.25. The van der Waals surface area contributed by atoms with E-state index >= 15 is 0 Å². The molecule has 0 rings (SSSR count). The van der Waals surface area contributed by atoms with Gasteiger partial charge in [0, 0.05) is 58.5 Å². The summed E-state index contributed by atoms with van der Waals surface area (Å²) >= 11 is 0. The van der Waals surface area contributed by atoms with Crippen molar-refractivity contribution >= 4 is 29.7 Å². The fourth-order valence-corrected chi connectivity index (χ4v) is 3.68. The smallest absolute Gasteiger partial charge is 0.306 e. The van der Waals surface area contributed by atoms with E-state index in [0.29, 0.717) is 97.8 Å². The lowest BCUT2D eigenvalue weighted by atomic mass is 10.0. The van der Waals surface area contributed by atoms with Crippen molar-refractivity contribution < 1.29 is 48.4 Å². The molecule has 13 nitrogen and oxygen atoms in total. The molecule has 0 aromatic carbocycles. The Bertz CT molecular complexity index is 751. The molecule has 0 radical (unpaired) electrons. The number of amides is 3. The van der Waals surface area contributed by atoms with Gasteiger partial charge in [-0.2, -0.15) is 0 Å². The van der Waals surface area contributed by atoms with Gasteiger partial charge in [-0.25, -0.2) is 0 Å². The summed E-state index contributed by atoms with van der Waals surface area (Å²) < 4.78 is 16.4. The van der Waals surface area contributed by atoms with Gasteiger partial charge in [-0.15, -0.1) is 0 Å². The number of carboxylic acids is 2. The van der Waals surface area contributed by atoms with Crippen LogP contribution < -0.4 is 16.0 Å². The SMILES string of the molecule is C[C@@H](CCCCNC(=O)CCC(=O)NCCCOCCOCCOCCCNC(=O)CCCCCCC(=O)O)C(=O)O. The molecule has 0 aromatic rings. The molecule has 0 aliphatic heterocycles. The van der Waals surface area contributed by atoms with Gasteiger partial charge < -0.3 is 40.4 Å². The van der Waals surface area contributed by atoms with Crippen molar-refractivity contribution in [3.63, 3.8) is 0 Å². The summed E-state index contributed by atoms with van der Waals surface area (Å²) in [6, 6.07) is 0. The average Bonchev–Trinajstić information content (AvgIpc) is 2.95. The first-order valence-electron chi connectivity index (χ1n) is 15.2. The zero-order chi connectivity index (χ0) is 31.3. The molecule has 0 bridgehead atoms. The zero-order valence-electron chi connectivity index (χ0n) is 25.3. The highest BCUT2D eigenvalue weighted by Gasteiger charge is 2.10. The second kappa shape index (κ2) is 28.4. The van der Waals surface area contributed by atoms with Crippen LogP contribution in [0.2, 0.25) is 0 Å².